The second-order valence-electron chi connectivity index (χ2n) is 8.12. The minimum Gasteiger partial charge on any atom is -0.495 e. The molecule has 188 valence electrons. The Morgan fingerprint density at radius 3 is 2.66 bits per heavy atom. The van der Waals surface area contributed by atoms with Crippen molar-refractivity contribution in [3.63, 3.8) is 0 Å². The van der Waals surface area contributed by atoms with Crippen molar-refractivity contribution in [2.45, 2.75) is 50.2 Å². The lowest BCUT2D eigenvalue weighted by atomic mass is 10.0. The summed E-state index contributed by atoms with van der Waals surface area (Å²) < 4.78 is 5.07. The Morgan fingerprint density at radius 1 is 1.29 bits per heavy atom. The number of nitrogens with zero attached hydrogens (tertiary/aromatic N) is 2. The molecule has 0 saturated carbocycles. The van der Waals surface area contributed by atoms with Crippen molar-refractivity contribution in [2.75, 3.05) is 13.7 Å². The van der Waals surface area contributed by atoms with Crippen molar-refractivity contribution in [1.29, 1.82) is 0 Å². The molecule has 2 aliphatic rings. The summed E-state index contributed by atoms with van der Waals surface area (Å²) in [4.78, 5) is 74.0. The number of rotatable bonds is 8. The van der Waals surface area contributed by atoms with Crippen molar-refractivity contribution in [1.82, 2.24) is 20.7 Å². The van der Waals surface area contributed by atoms with E-state index in [0.29, 0.717) is 18.5 Å². The fourth-order valence-corrected chi connectivity index (χ4v) is 4.31. The predicted octanol–water partition coefficient (Wildman–Crippen LogP) is 0.134. The third-order valence-electron chi connectivity index (χ3n) is 5.77. The van der Waals surface area contributed by atoms with E-state index in [4.69, 9.17) is 21.4 Å². The molecule has 12 nitrogen and oxygen atoms in total. The molecule has 35 heavy (non-hydrogen) atoms. The fourth-order valence-electron chi connectivity index (χ4n) is 4.06. The van der Waals surface area contributed by atoms with Crippen molar-refractivity contribution < 1.29 is 38.6 Å². The lowest BCUT2D eigenvalue weighted by Gasteiger charge is -2.43. The van der Waals surface area contributed by atoms with Gasteiger partial charge < -0.3 is 25.3 Å². The molecular formula is C22H25ClN4O8. The number of carboxylic acids is 1. The zero-order valence-electron chi connectivity index (χ0n) is 18.9. The number of aldehydes is 1. The number of amides is 4. The van der Waals surface area contributed by atoms with Crippen molar-refractivity contribution in [2.24, 2.45) is 0 Å². The van der Waals surface area contributed by atoms with Gasteiger partial charge in [0, 0.05) is 18.5 Å². The molecule has 0 aliphatic carbocycles. The van der Waals surface area contributed by atoms with Crippen LogP contribution in [0.3, 0.4) is 0 Å². The second kappa shape index (κ2) is 11.2. The largest absolute Gasteiger partial charge is 0.495 e. The van der Waals surface area contributed by atoms with E-state index in [1.54, 1.807) is 0 Å². The van der Waals surface area contributed by atoms with Gasteiger partial charge in [0.05, 0.1) is 24.6 Å². The van der Waals surface area contributed by atoms with Crippen LogP contribution in [0.4, 0.5) is 0 Å². The number of hydrogen-bond acceptors (Lipinski definition) is 7. The molecule has 2 aliphatic heterocycles. The van der Waals surface area contributed by atoms with E-state index < -0.39 is 54.1 Å². The number of nitrogens with one attached hydrogen (secondary N) is 2. The standard InChI is InChI=1S/C22H25ClN4O8/c1-35-17-6-4-12(9-14(17)23)20(32)25-15-5-7-18(29)26-8-2-3-16(27(26)22(15)34)21(33)24-13(11-28)10-19(30)31/h4,6,9,11,13,15-16H,2-3,5,7-8,10H2,1H3,(H,24,33)(H,25,32)(H,30,31). The molecule has 2 fully saturated rings. The number of carbonyl (C=O) groups excluding carboxylic acids is 5. The van der Waals surface area contributed by atoms with E-state index in [1.165, 1.54) is 30.3 Å². The quantitative estimate of drug-likeness (QED) is 0.417. The van der Waals surface area contributed by atoms with Crippen LogP contribution < -0.4 is 15.4 Å². The summed E-state index contributed by atoms with van der Waals surface area (Å²) in [7, 11) is 1.43. The molecule has 1 aromatic rings. The highest BCUT2D eigenvalue weighted by Gasteiger charge is 2.45. The van der Waals surface area contributed by atoms with Gasteiger partial charge >= 0.3 is 5.97 Å². The summed E-state index contributed by atoms with van der Waals surface area (Å²) in [6.07, 6.45) is 0.257. The maximum Gasteiger partial charge on any atom is 0.305 e. The van der Waals surface area contributed by atoms with Crippen LogP contribution in [0, 0.1) is 0 Å². The van der Waals surface area contributed by atoms with Crippen molar-refractivity contribution in [3.05, 3.63) is 28.8 Å². The molecule has 0 spiro atoms. The molecule has 0 aromatic heterocycles. The Labute approximate surface area is 205 Å². The van der Waals surface area contributed by atoms with E-state index in [0.717, 1.165) is 5.01 Å². The minimum absolute atomic E-state index is 0.0185. The van der Waals surface area contributed by atoms with Gasteiger partial charge in [-0.1, -0.05) is 11.6 Å². The molecule has 3 atom stereocenters. The van der Waals surface area contributed by atoms with Gasteiger partial charge in [-0.2, -0.15) is 0 Å². The Balaban J connectivity index is 1.81. The molecular weight excluding hydrogens is 484 g/mol. The normalized spacial score (nSPS) is 20.9. The Morgan fingerprint density at radius 2 is 2.03 bits per heavy atom. The number of hydrogen-bond donors (Lipinski definition) is 3. The first kappa shape index (κ1) is 25.9. The van der Waals surface area contributed by atoms with E-state index >= 15 is 0 Å². The average molecular weight is 509 g/mol. The number of carbonyl (C=O) groups is 6. The predicted molar refractivity (Wildman–Crippen MR) is 120 cm³/mol. The van der Waals surface area contributed by atoms with Crippen LogP contribution in [0.5, 0.6) is 5.75 Å². The smallest absolute Gasteiger partial charge is 0.305 e. The van der Waals surface area contributed by atoms with Crippen molar-refractivity contribution >= 4 is 47.5 Å². The molecule has 13 heteroatoms. The van der Waals surface area contributed by atoms with Crippen LogP contribution in [0.1, 0.15) is 42.5 Å². The van der Waals surface area contributed by atoms with Gasteiger partial charge in [-0.3, -0.25) is 29.0 Å². The van der Waals surface area contributed by atoms with Crippen LogP contribution in [-0.4, -0.2) is 82.8 Å². The van der Waals surface area contributed by atoms with Gasteiger partial charge in [-0.25, -0.2) is 5.01 Å². The molecule has 2 heterocycles. The summed E-state index contributed by atoms with van der Waals surface area (Å²) in [6.45, 7) is 0.204. The third-order valence-corrected chi connectivity index (χ3v) is 6.07. The topological polar surface area (TPSA) is 162 Å². The van der Waals surface area contributed by atoms with Gasteiger partial charge in [-0.05, 0) is 37.5 Å². The van der Waals surface area contributed by atoms with Gasteiger partial charge in [-0.15, -0.1) is 0 Å². The fraction of sp³-hybridized carbons (Fsp3) is 0.455. The summed E-state index contributed by atoms with van der Waals surface area (Å²) in [5, 5.41) is 16.2. The maximum atomic E-state index is 13.4. The van der Waals surface area contributed by atoms with Gasteiger partial charge in [0.25, 0.3) is 11.8 Å². The number of halogens is 1. The molecule has 0 radical (unpaired) electrons. The van der Waals surface area contributed by atoms with E-state index in [-0.39, 0.29) is 36.4 Å². The minimum atomic E-state index is -1.29. The van der Waals surface area contributed by atoms with Crippen LogP contribution in [0.25, 0.3) is 0 Å². The molecule has 0 bridgehead atoms. The number of carboxylic acid groups (broad SMARTS) is 1. The first-order chi connectivity index (χ1) is 16.7. The highest BCUT2D eigenvalue weighted by molar-refractivity contribution is 6.32. The van der Waals surface area contributed by atoms with Crippen LogP contribution in [-0.2, 0) is 24.0 Å². The summed E-state index contributed by atoms with van der Waals surface area (Å²) in [5.41, 5.74) is 0.173. The van der Waals surface area contributed by atoms with Gasteiger partial charge in [0.15, 0.2) is 0 Å². The van der Waals surface area contributed by atoms with Gasteiger partial charge in [0.2, 0.25) is 11.8 Å². The van der Waals surface area contributed by atoms with Crippen LogP contribution in [0.15, 0.2) is 18.2 Å². The van der Waals surface area contributed by atoms with Gasteiger partial charge in [0.1, 0.15) is 24.1 Å². The first-order valence-corrected chi connectivity index (χ1v) is 11.3. The number of benzene rings is 1. The monoisotopic (exact) mass is 508 g/mol. The van der Waals surface area contributed by atoms with E-state index in [1.807, 2.05) is 0 Å². The molecule has 4 amide bonds. The van der Waals surface area contributed by atoms with Crippen molar-refractivity contribution in [3.8, 4) is 5.75 Å². The molecule has 3 N–H and O–H groups in total. The van der Waals surface area contributed by atoms with E-state index in [9.17, 15) is 28.8 Å². The Bertz CT molecular complexity index is 1050. The lowest BCUT2D eigenvalue weighted by Crippen LogP contribution is -2.64. The highest BCUT2D eigenvalue weighted by atomic mass is 35.5. The van der Waals surface area contributed by atoms with Crippen LogP contribution in [0.2, 0.25) is 5.02 Å². The highest BCUT2D eigenvalue weighted by Crippen LogP contribution is 2.27. The first-order valence-electron chi connectivity index (χ1n) is 10.9. The maximum absolute atomic E-state index is 13.4. The Kier molecular flexibility index (Phi) is 8.28. The number of hydrazine groups is 1. The number of ether oxygens (including phenoxy) is 1. The zero-order chi connectivity index (χ0) is 25.7. The number of methoxy groups -OCH3 is 1. The number of fused-ring (bicyclic) bond motifs is 1. The van der Waals surface area contributed by atoms with Crippen LogP contribution >= 0.6 is 11.6 Å². The number of aliphatic carboxylic acids is 1. The molecule has 2 saturated heterocycles. The molecule has 3 rings (SSSR count). The molecule has 3 unspecified atom stereocenters. The third kappa shape index (κ3) is 5.88. The average Bonchev–Trinajstić information content (AvgIpc) is 2.95. The lowest BCUT2D eigenvalue weighted by molar-refractivity contribution is -0.176. The summed E-state index contributed by atoms with van der Waals surface area (Å²) in [5.74, 6) is -3.33. The molecule has 1 aromatic carbocycles. The Hall–Kier alpha value is -3.67. The SMILES string of the molecule is COc1ccc(C(=O)NC2CCC(=O)N3CCCC(C(=O)NC(C=O)CC(=O)O)N3C2=O)cc1Cl. The van der Waals surface area contributed by atoms with E-state index in [2.05, 4.69) is 10.6 Å². The summed E-state index contributed by atoms with van der Waals surface area (Å²) in [6, 6.07) is 0.813. The second-order valence-corrected chi connectivity index (χ2v) is 8.53. The zero-order valence-corrected chi connectivity index (χ0v) is 19.6. The summed E-state index contributed by atoms with van der Waals surface area (Å²) >= 11 is 6.08.